The summed E-state index contributed by atoms with van der Waals surface area (Å²) in [6.07, 6.45) is 4.69. The van der Waals surface area contributed by atoms with Crippen molar-refractivity contribution in [1.82, 2.24) is 9.88 Å². The fourth-order valence-corrected chi connectivity index (χ4v) is 1.92. The molecule has 1 amide bonds. The minimum absolute atomic E-state index is 0.102. The van der Waals surface area contributed by atoms with Gasteiger partial charge >= 0.3 is 0 Å². The van der Waals surface area contributed by atoms with E-state index in [1.54, 1.807) is 18.0 Å². The lowest BCUT2D eigenvalue weighted by atomic mass is 10.2. The highest BCUT2D eigenvalue weighted by molar-refractivity contribution is 9.09. The van der Waals surface area contributed by atoms with Crippen LogP contribution in [0.4, 0.5) is 0 Å². The van der Waals surface area contributed by atoms with E-state index in [0.717, 1.165) is 31.1 Å². The van der Waals surface area contributed by atoms with Gasteiger partial charge in [0, 0.05) is 36.7 Å². The number of H-pyrrole nitrogens is 1. The molecule has 0 saturated carbocycles. The monoisotopic (exact) mass is 300 g/mol. The third kappa shape index (κ3) is 4.73. The van der Waals surface area contributed by atoms with E-state index >= 15 is 0 Å². The highest BCUT2D eigenvalue weighted by Gasteiger charge is 2.11. The number of carbonyl (C=O) groups excluding carboxylic acids is 1. The van der Waals surface area contributed by atoms with Crippen LogP contribution in [0.1, 0.15) is 29.6 Å². The Labute approximate surface area is 109 Å². The van der Waals surface area contributed by atoms with Crippen molar-refractivity contribution in [3.05, 3.63) is 34.2 Å². The second kappa shape index (κ2) is 7.27. The largest absolute Gasteiger partial charge is 0.342 e. The van der Waals surface area contributed by atoms with E-state index in [2.05, 4.69) is 20.9 Å². The SMILES string of the molecule is CN(CCCCCBr)C(=O)c1cc[nH]c(=O)c1. The number of hydrogen-bond acceptors (Lipinski definition) is 2. The quantitative estimate of drug-likeness (QED) is 0.645. The molecule has 1 heterocycles. The van der Waals surface area contributed by atoms with Gasteiger partial charge in [0.05, 0.1) is 0 Å². The first kappa shape index (κ1) is 14.0. The molecular weight excluding hydrogens is 284 g/mol. The summed E-state index contributed by atoms with van der Waals surface area (Å²) in [6.45, 7) is 0.721. The minimum Gasteiger partial charge on any atom is -0.342 e. The van der Waals surface area contributed by atoms with Gasteiger partial charge in [-0.05, 0) is 18.9 Å². The topological polar surface area (TPSA) is 53.2 Å². The average molecular weight is 301 g/mol. The number of aromatic nitrogens is 1. The fourth-order valence-electron chi connectivity index (χ4n) is 1.52. The zero-order chi connectivity index (χ0) is 12.7. The van der Waals surface area contributed by atoms with Crippen molar-refractivity contribution in [2.75, 3.05) is 18.9 Å². The predicted octanol–water partition coefficient (Wildman–Crippen LogP) is 2.01. The molecule has 94 valence electrons. The molecule has 0 saturated heterocycles. The highest BCUT2D eigenvalue weighted by atomic mass is 79.9. The van der Waals surface area contributed by atoms with E-state index in [-0.39, 0.29) is 11.5 Å². The Kier molecular flexibility index (Phi) is 5.97. The molecule has 17 heavy (non-hydrogen) atoms. The molecule has 0 bridgehead atoms. The summed E-state index contributed by atoms with van der Waals surface area (Å²) in [7, 11) is 1.76. The van der Waals surface area contributed by atoms with E-state index in [9.17, 15) is 9.59 Å². The van der Waals surface area contributed by atoms with Crippen LogP contribution in [-0.2, 0) is 0 Å². The van der Waals surface area contributed by atoms with Gasteiger partial charge in [-0.25, -0.2) is 0 Å². The van der Waals surface area contributed by atoms with Crippen molar-refractivity contribution in [3.63, 3.8) is 0 Å². The number of nitrogens with one attached hydrogen (secondary N) is 1. The maximum atomic E-state index is 11.9. The second-order valence-corrected chi connectivity index (χ2v) is 4.71. The van der Waals surface area contributed by atoms with Crippen LogP contribution in [0.3, 0.4) is 0 Å². The summed E-state index contributed by atoms with van der Waals surface area (Å²) in [5.41, 5.74) is 0.195. The van der Waals surface area contributed by atoms with Crippen LogP contribution in [0.2, 0.25) is 0 Å². The average Bonchev–Trinajstić information content (AvgIpc) is 2.33. The molecule has 0 unspecified atom stereocenters. The van der Waals surface area contributed by atoms with Gasteiger partial charge in [-0.2, -0.15) is 0 Å². The van der Waals surface area contributed by atoms with Crippen LogP contribution in [0, 0.1) is 0 Å². The van der Waals surface area contributed by atoms with Gasteiger partial charge in [-0.3, -0.25) is 9.59 Å². The number of nitrogens with zero attached hydrogens (tertiary/aromatic N) is 1. The summed E-state index contributed by atoms with van der Waals surface area (Å²) in [4.78, 5) is 27.2. The summed E-state index contributed by atoms with van der Waals surface area (Å²) < 4.78 is 0. The first-order valence-corrected chi connectivity index (χ1v) is 6.77. The third-order valence-corrected chi connectivity index (χ3v) is 3.06. The van der Waals surface area contributed by atoms with E-state index in [0.29, 0.717) is 5.56 Å². The van der Waals surface area contributed by atoms with Gasteiger partial charge in [-0.1, -0.05) is 22.4 Å². The summed E-state index contributed by atoms with van der Waals surface area (Å²) in [5.74, 6) is -0.102. The Bertz CT molecular complexity index is 417. The molecule has 0 aliphatic rings. The summed E-state index contributed by atoms with van der Waals surface area (Å²) >= 11 is 3.37. The van der Waals surface area contributed by atoms with E-state index in [1.807, 2.05) is 0 Å². The van der Waals surface area contributed by atoms with Gasteiger partial charge in [0.2, 0.25) is 5.56 Å². The molecule has 1 N–H and O–H groups in total. The highest BCUT2D eigenvalue weighted by Crippen LogP contribution is 2.04. The van der Waals surface area contributed by atoms with Gasteiger partial charge in [0.15, 0.2) is 0 Å². The first-order valence-electron chi connectivity index (χ1n) is 5.65. The minimum atomic E-state index is -0.247. The molecule has 0 aliphatic heterocycles. The maximum absolute atomic E-state index is 11.9. The molecule has 4 nitrogen and oxygen atoms in total. The molecular formula is C12H17BrN2O2. The van der Waals surface area contributed by atoms with Crippen molar-refractivity contribution >= 4 is 21.8 Å². The Hall–Kier alpha value is -1.10. The van der Waals surface area contributed by atoms with Crippen molar-refractivity contribution in [1.29, 1.82) is 0 Å². The molecule has 1 aromatic rings. The number of pyridine rings is 1. The fraction of sp³-hybridized carbons (Fsp3) is 0.500. The third-order valence-electron chi connectivity index (χ3n) is 2.50. The number of aromatic amines is 1. The summed E-state index contributed by atoms with van der Waals surface area (Å²) in [6, 6.07) is 2.95. The number of carbonyl (C=O) groups is 1. The molecule has 0 radical (unpaired) electrons. The van der Waals surface area contributed by atoms with Crippen LogP contribution in [0.25, 0.3) is 0 Å². The van der Waals surface area contributed by atoms with Crippen molar-refractivity contribution in [2.45, 2.75) is 19.3 Å². The molecule has 0 fully saturated rings. The lowest BCUT2D eigenvalue weighted by Crippen LogP contribution is -2.28. The Morgan fingerprint density at radius 1 is 1.41 bits per heavy atom. The Morgan fingerprint density at radius 3 is 2.82 bits per heavy atom. The van der Waals surface area contributed by atoms with Gasteiger partial charge in [-0.15, -0.1) is 0 Å². The van der Waals surface area contributed by atoms with Crippen LogP contribution in [-0.4, -0.2) is 34.7 Å². The van der Waals surface area contributed by atoms with Crippen molar-refractivity contribution < 1.29 is 4.79 Å². The predicted molar refractivity (Wildman–Crippen MR) is 71.7 cm³/mol. The molecule has 0 spiro atoms. The standard InChI is InChI=1S/C12H17BrN2O2/c1-15(8-4-2-3-6-13)12(17)10-5-7-14-11(16)9-10/h5,7,9H,2-4,6,8H2,1H3,(H,14,16). The first-order chi connectivity index (χ1) is 8.15. The molecule has 0 atom stereocenters. The molecule has 0 aliphatic carbocycles. The van der Waals surface area contributed by atoms with Gasteiger partial charge in [0.1, 0.15) is 0 Å². The number of unbranched alkanes of at least 4 members (excludes halogenated alkanes) is 2. The molecule has 0 aromatic carbocycles. The van der Waals surface area contributed by atoms with Crippen molar-refractivity contribution in [2.24, 2.45) is 0 Å². The lowest BCUT2D eigenvalue weighted by molar-refractivity contribution is 0.0792. The van der Waals surface area contributed by atoms with Crippen molar-refractivity contribution in [3.8, 4) is 0 Å². The second-order valence-electron chi connectivity index (χ2n) is 3.92. The Morgan fingerprint density at radius 2 is 2.18 bits per heavy atom. The van der Waals surface area contributed by atoms with Gasteiger partial charge in [0.25, 0.3) is 5.91 Å². The van der Waals surface area contributed by atoms with E-state index < -0.39 is 0 Å². The van der Waals surface area contributed by atoms with E-state index in [1.165, 1.54) is 12.3 Å². The maximum Gasteiger partial charge on any atom is 0.253 e. The number of hydrogen-bond donors (Lipinski definition) is 1. The smallest absolute Gasteiger partial charge is 0.253 e. The number of rotatable bonds is 6. The number of amides is 1. The lowest BCUT2D eigenvalue weighted by Gasteiger charge is -2.16. The van der Waals surface area contributed by atoms with Crippen LogP contribution in [0.15, 0.2) is 23.1 Å². The molecule has 5 heteroatoms. The number of alkyl halides is 1. The normalized spacial score (nSPS) is 10.2. The van der Waals surface area contributed by atoms with Gasteiger partial charge < -0.3 is 9.88 Å². The van der Waals surface area contributed by atoms with Crippen LogP contribution < -0.4 is 5.56 Å². The molecule has 1 aromatic heterocycles. The zero-order valence-corrected chi connectivity index (χ0v) is 11.5. The number of halogens is 1. The van der Waals surface area contributed by atoms with E-state index in [4.69, 9.17) is 0 Å². The van der Waals surface area contributed by atoms with Crippen LogP contribution in [0.5, 0.6) is 0 Å². The van der Waals surface area contributed by atoms with Crippen LogP contribution >= 0.6 is 15.9 Å². The zero-order valence-electron chi connectivity index (χ0n) is 9.91. The molecule has 1 rings (SSSR count). The summed E-state index contributed by atoms with van der Waals surface area (Å²) in [5, 5.41) is 0.999. The Balaban J connectivity index is 2.49.